The second-order valence-electron chi connectivity index (χ2n) is 3.94. The fourth-order valence-corrected chi connectivity index (χ4v) is 1.63. The predicted octanol–water partition coefficient (Wildman–Crippen LogP) is 0.609. The summed E-state index contributed by atoms with van der Waals surface area (Å²) < 4.78 is 0. The molecular weight excluding hydrogens is 218 g/mol. The van der Waals surface area contributed by atoms with Crippen LogP contribution in [0.2, 0.25) is 0 Å². The molecule has 0 aliphatic heterocycles. The average Bonchev–Trinajstić information content (AvgIpc) is 2.91. The summed E-state index contributed by atoms with van der Waals surface area (Å²) in [6.45, 7) is 4.27. The van der Waals surface area contributed by atoms with E-state index in [1.54, 1.807) is 12.5 Å². The molecule has 0 unspecified atom stereocenters. The van der Waals surface area contributed by atoms with Gasteiger partial charge < -0.3 is 10.3 Å². The van der Waals surface area contributed by atoms with E-state index >= 15 is 0 Å². The first-order valence-corrected chi connectivity index (χ1v) is 5.41. The number of nitrogens with one attached hydrogen (secondary N) is 3. The van der Waals surface area contributed by atoms with E-state index in [9.17, 15) is 4.79 Å². The van der Waals surface area contributed by atoms with E-state index in [1.807, 2.05) is 13.8 Å². The average molecular weight is 233 g/mol. The number of H-pyrrole nitrogens is 2. The molecule has 0 aliphatic rings. The highest BCUT2D eigenvalue weighted by Gasteiger charge is 2.11. The van der Waals surface area contributed by atoms with Crippen LogP contribution in [0.4, 0.5) is 0 Å². The van der Waals surface area contributed by atoms with Crippen LogP contribution in [0, 0.1) is 13.8 Å². The van der Waals surface area contributed by atoms with Crippen LogP contribution in [-0.2, 0) is 17.8 Å². The van der Waals surface area contributed by atoms with E-state index in [4.69, 9.17) is 0 Å². The topological polar surface area (TPSA) is 86.5 Å². The van der Waals surface area contributed by atoms with Gasteiger partial charge in [0.1, 0.15) is 0 Å². The first-order valence-electron chi connectivity index (χ1n) is 5.41. The normalized spacial score (nSPS) is 10.5. The number of hydrogen-bond acceptors (Lipinski definition) is 3. The summed E-state index contributed by atoms with van der Waals surface area (Å²) in [5.74, 6) is -0.0211. The fraction of sp³-hybridized carbons (Fsp3) is 0.364. The van der Waals surface area contributed by atoms with Crippen molar-refractivity contribution in [3.05, 3.63) is 35.2 Å². The summed E-state index contributed by atoms with van der Waals surface area (Å²) in [6.07, 6.45) is 3.63. The van der Waals surface area contributed by atoms with E-state index in [1.165, 1.54) is 0 Å². The molecule has 0 fully saturated rings. The van der Waals surface area contributed by atoms with Crippen molar-refractivity contribution >= 4 is 5.91 Å². The molecule has 1 amide bonds. The van der Waals surface area contributed by atoms with Crippen molar-refractivity contribution in [1.82, 2.24) is 25.5 Å². The van der Waals surface area contributed by atoms with Crippen LogP contribution in [-0.4, -0.2) is 26.1 Å². The highest BCUT2D eigenvalue weighted by Crippen LogP contribution is 2.09. The summed E-state index contributed by atoms with van der Waals surface area (Å²) in [5, 5.41) is 9.75. The zero-order valence-electron chi connectivity index (χ0n) is 9.87. The third-order valence-electron chi connectivity index (χ3n) is 2.65. The van der Waals surface area contributed by atoms with Crippen LogP contribution in [0.25, 0.3) is 0 Å². The Morgan fingerprint density at radius 3 is 2.88 bits per heavy atom. The summed E-state index contributed by atoms with van der Waals surface area (Å²) in [5.41, 5.74) is 3.67. The van der Waals surface area contributed by atoms with Gasteiger partial charge in [-0.15, -0.1) is 0 Å². The van der Waals surface area contributed by atoms with E-state index in [-0.39, 0.29) is 5.91 Å². The molecule has 90 valence electrons. The molecule has 0 saturated carbocycles. The van der Waals surface area contributed by atoms with Gasteiger partial charge in [0.15, 0.2) is 0 Å². The first-order chi connectivity index (χ1) is 8.16. The minimum atomic E-state index is -0.0211. The van der Waals surface area contributed by atoms with E-state index in [0.717, 1.165) is 22.6 Å². The van der Waals surface area contributed by atoms with Crippen LogP contribution in [0.5, 0.6) is 0 Å². The fourth-order valence-electron chi connectivity index (χ4n) is 1.63. The van der Waals surface area contributed by atoms with Gasteiger partial charge in [0.05, 0.1) is 30.7 Å². The monoisotopic (exact) mass is 233 g/mol. The maximum atomic E-state index is 11.7. The Kier molecular flexibility index (Phi) is 3.22. The van der Waals surface area contributed by atoms with Crippen molar-refractivity contribution in [2.45, 2.75) is 26.8 Å². The quantitative estimate of drug-likeness (QED) is 0.723. The molecular formula is C11H15N5O. The van der Waals surface area contributed by atoms with Crippen LogP contribution in [0.15, 0.2) is 12.5 Å². The number of rotatable bonds is 4. The lowest BCUT2D eigenvalue weighted by atomic mass is 10.1. The largest absolute Gasteiger partial charge is 0.350 e. The molecule has 0 spiro atoms. The van der Waals surface area contributed by atoms with Gasteiger partial charge in [-0.05, 0) is 13.8 Å². The lowest BCUT2D eigenvalue weighted by molar-refractivity contribution is -0.120. The van der Waals surface area contributed by atoms with Crippen LogP contribution in [0.1, 0.15) is 22.6 Å². The SMILES string of the molecule is Cc1n[nH]c(C)c1CC(=O)NCc1cnc[nH]1. The van der Waals surface area contributed by atoms with Gasteiger partial charge in [-0.2, -0.15) is 5.10 Å². The number of amides is 1. The van der Waals surface area contributed by atoms with Crippen LogP contribution in [0.3, 0.4) is 0 Å². The van der Waals surface area contributed by atoms with Crippen molar-refractivity contribution in [3.63, 3.8) is 0 Å². The lowest BCUT2D eigenvalue weighted by Gasteiger charge is -2.03. The van der Waals surface area contributed by atoms with Gasteiger partial charge in [-0.25, -0.2) is 4.98 Å². The van der Waals surface area contributed by atoms with Crippen molar-refractivity contribution in [2.75, 3.05) is 0 Å². The second-order valence-corrected chi connectivity index (χ2v) is 3.94. The number of imidazole rings is 1. The Labute approximate surface area is 98.9 Å². The zero-order valence-corrected chi connectivity index (χ0v) is 9.87. The molecule has 0 radical (unpaired) electrons. The van der Waals surface area contributed by atoms with Crippen LogP contribution < -0.4 is 5.32 Å². The number of aromatic amines is 2. The summed E-state index contributed by atoms with van der Waals surface area (Å²) >= 11 is 0. The van der Waals surface area contributed by atoms with E-state index < -0.39 is 0 Å². The Bertz CT molecular complexity index is 480. The molecule has 2 aromatic rings. The molecule has 0 atom stereocenters. The molecule has 2 aromatic heterocycles. The maximum absolute atomic E-state index is 11.7. The number of carbonyl (C=O) groups is 1. The number of aromatic nitrogens is 4. The van der Waals surface area contributed by atoms with Crippen molar-refractivity contribution in [1.29, 1.82) is 0 Å². The third-order valence-corrected chi connectivity index (χ3v) is 2.65. The smallest absolute Gasteiger partial charge is 0.224 e. The Hall–Kier alpha value is -2.11. The number of carbonyl (C=O) groups excluding carboxylic acids is 1. The second kappa shape index (κ2) is 4.82. The molecule has 0 aliphatic carbocycles. The van der Waals surface area contributed by atoms with Crippen LogP contribution >= 0.6 is 0 Å². The molecule has 0 bridgehead atoms. The first kappa shape index (κ1) is 11.4. The molecule has 2 heterocycles. The van der Waals surface area contributed by atoms with E-state index in [2.05, 4.69) is 25.5 Å². The Morgan fingerprint density at radius 2 is 2.29 bits per heavy atom. The Morgan fingerprint density at radius 1 is 1.47 bits per heavy atom. The molecule has 2 rings (SSSR count). The third kappa shape index (κ3) is 2.72. The minimum Gasteiger partial charge on any atom is -0.350 e. The van der Waals surface area contributed by atoms with Gasteiger partial charge in [-0.3, -0.25) is 9.89 Å². The van der Waals surface area contributed by atoms with Gasteiger partial charge >= 0.3 is 0 Å². The molecule has 6 heteroatoms. The van der Waals surface area contributed by atoms with Gasteiger partial charge in [0.25, 0.3) is 0 Å². The number of nitrogens with zero attached hydrogens (tertiary/aromatic N) is 2. The van der Waals surface area contributed by atoms with Crippen molar-refractivity contribution in [2.24, 2.45) is 0 Å². The molecule has 0 saturated heterocycles. The summed E-state index contributed by atoms with van der Waals surface area (Å²) in [7, 11) is 0. The summed E-state index contributed by atoms with van der Waals surface area (Å²) in [4.78, 5) is 18.5. The molecule has 0 aromatic carbocycles. The lowest BCUT2D eigenvalue weighted by Crippen LogP contribution is -2.25. The predicted molar refractivity (Wildman–Crippen MR) is 62.2 cm³/mol. The highest BCUT2D eigenvalue weighted by atomic mass is 16.1. The number of hydrogen-bond donors (Lipinski definition) is 3. The van der Waals surface area contributed by atoms with Crippen molar-refractivity contribution in [3.8, 4) is 0 Å². The standard InChI is InChI=1S/C11H15N5O/c1-7-10(8(2)16-15-7)3-11(17)13-5-9-4-12-6-14-9/h4,6H,3,5H2,1-2H3,(H,12,14)(H,13,17)(H,15,16). The minimum absolute atomic E-state index is 0.0211. The van der Waals surface area contributed by atoms with Crippen molar-refractivity contribution < 1.29 is 4.79 Å². The van der Waals surface area contributed by atoms with Gasteiger partial charge in [0, 0.05) is 17.5 Å². The highest BCUT2D eigenvalue weighted by molar-refractivity contribution is 5.79. The van der Waals surface area contributed by atoms with Gasteiger partial charge in [-0.1, -0.05) is 0 Å². The molecule has 3 N–H and O–H groups in total. The zero-order chi connectivity index (χ0) is 12.3. The number of aryl methyl sites for hydroxylation is 2. The maximum Gasteiger partial charge on any atom is 0.224 e. The van der Waals surface area contributed by atoms with E-state index in [0.29, 0.717) is 13.0 Å². The van der Waals surface area contributed by atoms with Gasteiger partial charge in [0.2, 0.25) is 5.91 Å². The molecule has 6 nitrogen and oxygen atoms in total. The molecule has 17 heavy (non-hydrogen) atoms. The Balaban J connectivity index is 1.89. The summed E-state index contributed by atoms with van der Waals surface area (Å²) in [6, 6.07) is 0.